The van der Waals surface area contributed by atoms with E-state index in [1.807, 2.05) is 0 Å². The molecular formula is C12H16INO. The molecule has 0 spiro atoms. The van der Waals surface area contributed by atoms with Crippen LogP contribution in [0.25, 0.3) is 0 Å². The average Bonchev–Trinajstić information content (AvgIpc) is 2.49. The van der Waals surface area contributed by atoms with Crippen molar-refractivity contribution in [3.05, 3.63) is 35.4 Å². The third-order valence-corrected chi connectivity index (χ3v) is 4.09. The van der Waals surface area contributed by atoms with E-state index in [4.69, 9.17) is 4.84 Å². The van der Waals surface area contributed by atoms with Gasteiger partial charge in [0.25, 0.3) is 0 Å². The van der Waals surface area contributed by atoms with Crippen molar-refractivity contribution in [1.29, 1.82) is 0 Å². The lowest BCUT2D eigenvalue weighted by molar-refractivity contribution is 0.0867. The zero-order valence-corrected chi connectivity index (χ0v) is 11.2. The van der Waals surface area contributed by atoms with Crippen LogP contribution < -0.4 is 5.48 Å². The summed E-state index contributed by atoms with van der Waals surface area (Å²) < 4.78 is 0.272. The van der Waals surface area contributed by atoms with Gasteiger partial charge in [0.1, 0.15) is 0 Å². The molecule has 0 saturated heterocycles. The van der Waals surface area contributed by atoms with Gasteiger partial charge in [0.05, 0.1) is 7.11 Å². The molecule has 0 amide bonds. The third-order valence-electron chi connectivity index (χ3n) is 3.07. The van der Waals surface area contributed by atoms with Crippen LogP contribution in [0.2, 0.25) is 0 Å². The molecule has 1 N–H and O–H groups in total. The Morgan fingerprint density at radius 1 is 1.53 bits per heavy atom. The minimum Gasteiger partial charge on any atom is -0.305 e. The molecule has 82 valence electrons. The number of rotatable bonds is 3. The summed E-state index contributed by atoms with van der Waals surface area (Å²) in [6, 6.07) is 8.73. The Balaban J connectivity index is 2.26. The fraction of sp³-hybridized carbons (Fsp3) is 0.500. The van der Waals surface area contributed by atoms with Crippen LogP contribution in [0.15, 0.2) is 24.3 Å². The van der Waals surface area contributed by atoms with Gasteiger partial charge >= 0.3 is 0 Å². The van der Waals surface area contributed by atoms with E-state index in [0.29, 0.717) is 5.92 Å². The standard InChI is InChI=1S/C12H16INO/c1-12(13)7-9(8-14-15-2)10-5-3-4-6-11(10)12/h3-6,9,14H,7-8H2,1-2H3. The van der Waals surface area contributed by atoms with E-state index in [0.717, 1.165) is 6.54 Å². The molecule has 3 heteroatoms. The van der Waals surface area contributed by atoms with Crippen molar-refractivity contribution in [3.63, 3.8) is 0 Å². The quantitative estimate of drug-likeness (QED) is 0.526. The molecule has 0 aromatic heterocycles. The van der Waals surface area contributed by atoms with Gasteiger partial charge in [0.2, 0.25) is 0 Å². The van der Waals surface area contributed by atoms with E-state index in [9.17, 15) is 0 Å². The topological polar surface area (TPSA) is 21.3 Å². The van der Waals surface area contributed by atoms with Gasteiger partial charge in [-0.2, -0.15) is 0 Å². The van der Waals surface area contributed by atoms with Crippen molar-refractivity contribution < 1.29 is 4.84 Å². The summed E-state index contributed by atoms with van der Waals surface area (Å²) in [5.41, 5.74) is 5.92. The van der Waals surface area contributed by atoms with Crippen LogP contribution >= 0.6 is 22.6 Å². The lowest BCUT2D eigenvalue weighted by atomic mass is 10.0. The zero-order chi connectivity index (χ0) is 10.9. The van der Waals surface area contributed by atoms with Crippen molar-refractivity contribution in [1.82, 2.24) is 5.48 Å². The van der Waals surface area contributed by atoms with Gasteiger partial charge in [-0.1, -0.05) is 46.9 Å². The lowest BCUT2D eigenvalue weighted by Crippen LogP contribution is -2.19. The Morgan fingerprint density at radius 3 is 3.00 bits per heavy atom. The van der Waals surface area contributed by atoms with Crippen LogP contribution in [0.4, 0.5) is 0 Å². The second-order valence-electron chi connectivity index (χ2n) is 4.24. The molecule has 0 bridgehead atoms. The first kappa shape index (κ1) is 11.4. The molecule has 1 aliphatic carbocycles. The summed E-state index contributed by atoms with van der Waals surface area (Å²) in [5, 5.41) is 0. The molecule has 15 heavy (non-hydrogen) atoms. The van der Waals surface area contributed by atoms with Crippen molar-refractivity contribution in [2.75, 3.05) is 13.7 Å². The largest absolute Gasteiger partial charge is 0.305 e. The molecule has 2 rings (SSSR count). The lowest BCUT2D eigenvalue weighted by Gasteiger charge is -2.16. The number of fused-ring (bicyclic) bond motifs is 1. The number of alkyl halides is 1. The van der Waals surface area contributed by atoms with Gasteiger partial charge < -0.3 is 4.84 Å². The van der Waals surface area contributed by atoms with Crippen LogP contribution in [-0.2, 0) is 8.26 Å². The molecule has 0 fully saturated rings. The highest BCUT2D eigenvalue weighted by Crippen LogP contribution is 2.49. The van der Waals surface area contributed by atoms with Crippen molar-refractivity contribution in [3.8, 4) is 0 Å². The summed E-state index contributed by atoms with van der Waals surface area (Å²) in [7, 11) is 1.67. The molecule has 2 atom stereocenters. The molecule has 0 heterocycles. The number of benzene rings is 1. The van der Waals surface area contributed by atoms with E-state index in [2.05, 4.69) is 59.3 Å². The summed E-state index contributed by atoms with van der Waals surface area (Å²) >= 11 is 2.56. The summed E-state index contributed by atoms with van der Waals surface area (Å²) in [6.07, 6.45) is 1.18. The van der Waals surface area contributed by atoms with E-state index >= 15 is 0 Å². The van der Waals surface area contributed by atoms with E-state index < -0.39 is 0 Å². The first-order valence-corrected chi connectivity index (χ1v) is 6.27. The number of halogens is 1. The maximum Gasteiger partial charge on any atom is 0.0572 e. The average molecular weight is 317 g/mol. The highest BCUT2D eigenvalue weighted by atomic mass is 127. The Hall–Kier alpha value is -0.130. The van der Waals surface area contributed by atoms with Crippen LogP contribution in [0.3, 0.4) is 0 Å². The van der Waals surface area contributed by atoms with Crippen molar-refractivity contribution in [2.45, 2.75) is 22.7 Å². The molecule has 0 radical (unpaired) electrons. The van der Waals surface area contributed by atoms with Crippen LogP contribution in [-0.4, -0.2) is 13.7 Å². The van der Waals surface area contributed by atoms with Crippen molar-refractivity contribution >= 4 is 22.6 Å². The van der Waals surface area contributed by atoms with E-state index in [1.54, 1.807) is 7.11 Å². The number of nitrogens with one attached hydrogen (secondary N) is 1. The second kappa shape index (κ2) is 4.39. The van der Waals surface area contributed by atoms with Crippen molar-refractivity contribution in [2.24, 2.45) is 0 Å². The second-order valence-corrected chi connectivity index (χ2v) is 6.62. The zero-order valence-electron chi connectivity index (χ0n) is 9.09. The number of hydrogen-bond acceptors (Lipinski definition) is 2. The summed E-state index contributed by atoms with van der Waals surface area (Å²) in [4.78, 5) is 4.93. The van der Waals surface area contributed by atoms with Gasteiger partial charge in [0.15, 0.2) is 0 Å². The summed E-state index contributed by atoms with van der Waals surface area (Å²) in [6.45, 7) is 3.20. The van der Waals surface area contributed by atoms with Gasteiger partial charge in [-0.15, -0.1) is 0 Å². The SMILES string of the molecule is CONCC1CC(C)(I)c2ccccc21. The predicted molar refractivity (Wildman–Crippen MR) is 70.2 cm³/mol. The highest BCUT2D eigenvalue weighted by molar-refractivity contribution is 14.1. The van der Waals surface area contributed by atoms with Crippen LogP contribution in [0.5, 0.6) is 0 Å². The Labute approximate surface area is 104 Å². The molecule has 1 aromatic carbocycles. The minimum atomic E-state index is 0.272. The van der Waals surface area contributed by atoms with Gasteiger partial charge in [-0.25, -0.2) is 5.48 Å². The highest BCUT2D eigenvalue weighted by Gasteiger charge is 2.37. The molecule has 0 aliphatic heterocycles. The first-order valence-electron chi connectivity index (χ1n) is 5.19. The Bertz CT molecular complexity index is 351. The predicted octanol–water partition coefficient (Wildman–Crippen LogP) is 2.98. The maximum absolute atomic E-state index is 4.93. The van der Waals surface area contributed by atoms with Crippen LogP contribution in [0, 0.1) is 0 Å². The molecule has 2 unspecified atom stereocenters. The molecule has 2 nitrogen and oxygen atoms in total. The normalized spacial score (nSPS) is 29.1. The third kappa shape index (κ3) is 2.19. The number of hydrogen-bond donors (Lipinski definition) is 1. The van der Waals surface area contributed by atoms with Gasteiger partial charge in [-0.3, -0.25) is 0 Å². The molecule has 0 saturated carbocycles. The fourth-order valence-electron chi connectivity index (χ4n) is 2.38. The van der Waals surface area contributed by atoms with Crippen LogP contribution in [0.1, 0.15) is 30.4 Å². The minimum absolute atomic E-state index is 0.272. The number of hydroxylamine groups is 1. The monoisotopic (exact) mass is 317 g/mol. The van der Waals surface area contributed by atoms with E-state index in [1.165, 1.54) is 17.5 Å². The Morgan fingerprint density at radius 2 is 2.27 bits per heavy atom. The smallest absolute Gasteiger partial charge is 0.0572 e. The molecule has 1 aliphatic rings. The molecule has 1 aromatic rings. The van der Waals surface area contributed by atoms with E-state index in [-0.39, 0.29) is 3.42 Å². The van der Waals surface area contributed by atoms with Gasteiger partial charge in [0, 0.05) is 15.9 Å². The fourth-order valence-corrected chi connectivity index (χ4v) is 3.40. The first-order chi connectivity index (χ1) is 7.15. The van der Waals surface area contributed by atoms with Gasteiger partial charge in [-0.05, 0) is 24.5 Å². The summed E-state index contributed by atoms with van der Waals surface area (Å²) in [5.74, 6) is 0.572. The molecular weight excluding hydrogens is 301 g/mol. The Kier molecular flexibility index (Phi) is 3.33. The maximum atomic E-state index is 4.93.